The molecule has 1 aromatic heterocycles. The first kappa shape index (κ1) is 28.1. The number of likely N-dealkylation sites (tertiary alicyclic amines) is 2. The smallest absolute Gasteiger partial charge is 0.223 e. The fraction of sp³-hybridized carbons (Fsp3) is 0.500. The van der Waals surface area contributed by atoms with Crippen LogP contribution in [0.5, 0.6) is 17.2 Å². The van der Waals surface area contributed by atoms with Gasteiger partial charge in [-0.25, -0.2) is 15.0 Å². The maximum absolute atomic E-state index is 10.0. The highest BCUT2D eigenvalue weighted by atomic mass is 16.5. The highest BCUT2D eigenvalue weighted by Crippen LogP contribution is 2.39. The molecule has 1 aliphatic carbocycles. The highest BCUT2D eigenvalue weighted by molar-refractivity contribution is 6.09. The number of aliphatic imine (C=N–C) groups is 2. The van der Waals surface area contributed by atoms with Crippen molar-refractivity contribution in [3.63, 3.8) is 0 Å². The summed E-state index contributed by atoms with van der Waals surface area (Å²) >= 11 is 0. The number of anilines is 1. The second-order valence-electron chi connectivity index (χ2n) is 10.9. The molecule has 12 heteroatoms. The van der Waals surface area contributed by atoms with Crippen molar-refractivity contribution < 1.29 is 24.4 Å². The van der Waals surface area contributed by atoms with E-state index in [0.717, 1.165) is 55.9 Å². The van der Waals surface area contributed by atoms with E-state index in [1.165, 1.54) is 0 Å². The lowest BCUT2D eigenvalue weighted by Gasteiger charge is -2.35. The lowest BCUT2D eigenvalue weighted by Crippen LogP contribution is -2.44. The number of aliphatic hydroxyl groups excluding tert-OH is 2. The van der Waals surface area contributed by atoms with Crippen molar-refractivity contribution in [2.24, 2.45) is 15.9 Å². The van der Waals surface area contributed by atoms with E-state index in [1.54, 1.807) is 27.7 Å². The van der Waals surface area contributed by atoms with Gasteiger partial charge < -0.3 is 44.1 Å². The van der Waals surface area contributed by atoms with Crippen molar-refractivity contribution in [2.75, 3.05) is 52.9 Å². The molecule has 6 rings (SSSR count). The van der Waals surface area contributed by atoms with E-state index >= 15 is 0 Å². The van der Waals surface area contributed by atoms with Crippen LogP contribution in [0.3, 0.4) is 0 Å². The quantitative estimate of drug-likeness (QED) is 0.412. The molecule has 2 fully saturated rings. The van der Waals surface area contributed by atoms with Gasteiger partial charge in [0.1, 0.15) is 18.3 Å². The van der Waals surface area contributed by atoms with Crippen LogP contribution in [-0.2, 0) is 0 Å². The molecular weight excluding hydrogens is 538 g/mol. The van der Waals surface area contributed by atoms with Crippen LogP contribution in [0.1, 0.15) is 25.7 Å². The topological polar surface area (TPSA) is 129 Å². The molecular formula is C30H39N7O5. The zero-order valence-electron chi connectivity index (χ0n) is 24.3. The SMILES string of the molecule is COc1cc(-n2cnc(NC3N=C(N4CCC[C@H]4CO)N=C4C=C(N5CCC[C@H]5CO)C=CC43)c2)cc(OC)c1OC. The van der Waals surface area contributed by atoms with E-state index in [0.29, 0.717) is 29.0 Å². The number of imidazole rings is 1. The van der Waals surface area contributed by atoms with Gasteiger partial charge in [-0.1, -0.05) is 6.08 Å². The van der Waals surface area contributed by atoms with Gasteiger partial charge in [0.25, 0.3) is 0 Å². The van der Waals surface area contributed by atoms with Gasteiger partial charge in [-0.2, -0.15) is 0 Å². The fourth-order valence-electron chi connectivity index (χ4n) is 6.32. The second kappa shape index (κ2) is 12.1. The number of aromatic nitrogens is 2. The number of nitrogens with zero attached hydrogens (tertiary/aromatic N) is 6. The first-order valence-corrected chi connectivity index (χ1v) is 14.5. The van der Waals surface area contributed by atoms with Crippen molar-refractivity contribution in [3.05, 3.63) is 48.6 Å². The molecule has 2 unspecified atom stereocenters. The van der Waals surface area contributed by atoms with Crippen LogP contribution in [-0.4, -0.2) is 107 Å². The lowest BCUT2D eigenvalue weighted by molar-refractivity contribution is 0.189. The molecule has 0 amide bonds. The number of benzene rings is 1. The molecule has 2 saturated heterocycles. The van der Waals surface area contributed by atoms with Crippen LogP contribution >= 0.6 is 0 Å². The Morgan fingerprint density at radius 1 is 0.952 bits per heavy atom. The third kappa shape index (κ3) is 5.20. The Balaban J connectivity index is 1.30. The van der Waals surface area contributed by atoms with Gasteiger partial charge in [-0.15, -0.1) is 0 Å². The minimum Gasteiger partial charge on any atom is -0.493 e. The highest BCUT2D eigenvalue weighted by Gasteiger charge is 2.36. The average molecular weight is 578 g/mol. The standard InChI is InChI=1S/C30H39N7O5/c1-40-25-13-22(14-26(41-2)28(25)42-3)35-15-27(31-18-35)33-29-23-9-8-19(36-10-4-6-20(36)16-38)12-24(23)32-30(34-29)37-11-5-7-21(37)17-39/h8-9,12-15,18,20-21,23,29,33,38-39H,4-7,10-11,16-17H2,1-3H3/t20-,21-,23?,29?/m0/s1. The first-order valence-electron chi connectivity index (χ1n) is 14.5. The summed E-state index contributed by atoms with van der Waals surface area (Å²) in [5, 5.41) is 23.4. The van der Waals surface area contributed by atoms with Gasteiger partial charge in [-0.3, -0.25) is 0 Å². The molecule has 4 aliphatic rings. The summed E-state index contributed by atoms with van der Waals surface area (Å²) in [7, 11) is 4.76. The van der Waals surface area contributed by atoms with Crippen LogP contribution in [0, 0.1) is 5.92 Å². The van der Waals surface area contributed by atoms with Gasteiger partial charge in [0.05, 0.1) is 70.1 Å². The molecule has 12 nitrogen and oxygen atoms in total. The van der Waals surface area contributed by atoms with E-state index < -0.39 is 0 Å². The van der Waals surface area contributed by atoms with Crippen molar-refractivity contribution in [1.82, 2.24) is 19.4 Å². The number of aliphatic hydroxyl groups is 2. The molecule has 3 N–H and O–H groups in total. The number of hydrogen-bond donors (Lipinski definition) is 3. The Hall–Kier alpha value is -4.03. The molecule has 3 aliphatic heterocycles. The Morgan fingerprint density at radius 2 is 1.64 bits per heavy atom. The van der Waals surface area contributed by atoms with Gasteiger partial charge in [0.15, 0.2) is 11.5 Å². The van der Waals surface area contributed by atoms with Gasteiger partial charge in [-0.05, 0) is 37.8 Å². The summed E-state index contributed by atoms with van der Waals surface area (Å²) in [5.74, 6) is 2.81. The summed E-state index contributed by atoms with van der Waals surface area (Å²) in [6, 6.07) is 3.86. The largest absolute Gasteiger partial charge is 0.493 e. The van der Waals surface area contributed by atoms with E-state index in [-0.39, 0.29) is 37.4 Å². The third-order valence-electron chi connectivity index (χ3n) is 8.53. The van der Waals surface area contributed by atoms with Crippen LogP contribution < -0.4 is 19.5 Å². The van der Waals surface area contributed by atoms with Crippen molar-refractivity contribution >= 4 is 17.5 Å². The number of ether oxygens (including phenoxy) is 3. The minimum absolute atomic E-state index is 0.00414. The Kier molecular flexibility index (Phi) is 8.07. The normalized spacial score (nSPS) is 25.1. The minimum atomic E-state index is -0.350. The van der Waals surface area contributed by atoms with Crippen LogP contribution in [0.15, 0.2) is 58.6 Å². The number of methoxy groups -OCH3 is 3. The monoisotopic (exact) mass is 577 g/mol. The Labute approximate surface area is 245 Å². The van der Waals surface area contributed by atoms with Gasteiger partial charge in [0.2, 0.25) is 11.7 Å². The Bertz CT molecular complexity index is 1390. The molecule has 0 bridgehead atoms. The van der Waals surface area contributed by atoms with E-state index in [2.05, 4.69) is 38.3 Å². The molecule has 4 atom stereocenters. The summed E-state index contributed by atoms with van der Waals surface area (Å²) < 4.78 is 18.4. The molecule has 42 heavy (non-hydrogen) atoms. The molecule has 0 saturated carbocycles. The summed E-state index contributed by atoms with van der Waals surface area (Å²) in [6.07, 6.45) is 13.6. The molecule has 224 valence electrons. The molecule has 4 heterocycles. The van der Waals surface area contributed by atoms with Gasteiger partial charge >= 0.3 is 0 Å². The summed E-state index contributed by atoms with van der Waals surface area (Å²) in [5.41, 5.74) is 2.77. The predicted molar refractivity (Wildman–Crippen MR) is 160 cm³/mol. The number of guanidine groups is 1. The third-order valence-corrected chi connectivity index (χ3v) is 8.53. The van der Waals surface area contributed by atoms with Gasteiger partial charge in [0, 0.05) is 30.9 Å². The second-order valence-corrected chi connectivity index (χ2v) is 10.9. The molecule has 1 aromatic carbocycles. The number of allylic oxidation sites excluding steroid dienone is 2. The van der Waals surface area contributed by atoms with E-state index in [9.17, 15) is 10.2 Å². The average Bonchev–Trinajstić information content (AvgIpc) is 3.80. The van der Waals surface area contributed by atoms with Crippen molar-refractivity contribution in [3.8, 4) is 22.9 Å². The zero-order chi connectivity index (χ0) is 29.2. The summed E-state index contributed by atoms with van der Waals surface area (Å²) in [6.45, 7) is 1.92. The number of rotatable bonds is 9. The fourth-order valence-corrected chi connectivity index (χ4v) is 6.32. The first-order chi connectivity index (χ1) is 20.6. The van der Waals surface area contributed by atoms with Crippen molar-refractivity contribution in [1.29, 1.82) is 0 Å². The number of fused-ring (bicyclic) bond motifs is 1. The lowest BCUT2D eigenvalue weighted by atomic mass is 9.92. The maximum atomic E-state index is 10.0. The zero-order valence-corrected chi connectivity index (χ0v) is 24.3. The van der Waals surface area contributed by atoms with Crippen molar-refractivity contribution in [2.45, 2.75) is 43.9 Å². The molecule has 0 radical (unpaired) electrons. The maximum Gasteiger partial charge on any atom is 0.223 e. The van der Waals surface area contributed by atoms with Crippen LogP contribution in [0.2, 0.25) is 0 Å². The van der Waals surface area contributed by atoms with Crippen LogP contribution in [0.25, 0.3) is 5.69 Å². The Morgan fingerprint density at radius 3 is 2.31 bits per heavy atom. The van der Waals surface area contributed by atoms with E-state index in [4.69, 9.17) is 24.2 Å². The van der Waals surface area contributed by atoms with Crippen LogP contribution in [0.4, 0.5) is 5.82 Å². The predicted octanol–water partition coefficient (Wildman–Crippen LogP) is 2.43. The molecule has 2 aromatic rings. The molecule has 0 spiro atoms. The number of nitrogens with one attached hydrogen (secondary N) is 1. The number of hydrogen-bond acceptors (Lipinski definition) is 11. The summed E-state index contributed by atoms with van der Waals surface area (Å²) in [4.78, 5) is 19.1. The van der Waals surface area contributed by atoms with E-state index in [1.807, 2.05) is 22.9 Å².